The molecule has 4 rings (SSSR count). The van der Waals surface area contributed by atoms with Crippen LogP contribution in [0.3, 0.4) is 0 Å². The second kappa shape index (κ2) is 9.88. The van der Waals surface area contributed by atoms with E-state index in [2.05, 4.69) is 0 Å². The maximum absolute atomic E-state index is 14.0. The summed E-state index contributed by atoms with van der Waals surface area (Å²) in [6.07, 6.45) is 2.19. The van der Waals surface area contributed by atoms with Gasteiger partial charge in [-0.1, -0.05) is 13.3 Å². The van der Waals surface area contributed by atoms with Gasteiger partial charge in [-0.3, -0.25) is 24.1 Å². The molecule has 5 N–H and O–H groups in total. The Morgan fingerprint density at radius 3 is 2.53 bits per heavy atom. The number of hydrogen-bond acceptors (Lipinski definition) is 10. The SMILES string of the molecule is CCCCOc1c(C=O)cc(OC)c2c1C(=O)C1=C(O)[C@]3(O)C(=O)C(C(N)=O)=C(O)[C@@H](N(C)C)[C@@H]3C[C@@H]1C2. The van der Waals surface area contributed by atoms with Crippen molar-refractivity contribution in [3.05, 3.63) is 45.4 Å². The molecule has 0 bridgehead atoms. The highest BCUT2D eigenvalue weighted by Gasteiger charge is 2.63. The number of aldehydes is 1. The van der Waals surface area contributed by atoms with Crippen molar-refractivity contribution in [3.63, 3.8) is 0 Å². The van der Waals surface area contributed by atoms with E-state index in [1.54, 1.807) is 14.1 Å². The highest BCUT2D eigenvalue weighted by Crippen LogP contribution is 2.53. The largest absolute Gasteiger partial charge is 0.510 e. The summed E-state index contributed by atoms with van der Waals surface area (Å²) in [5.74, 6) is -6.19. The number of unbranched alkanes of at least 4 members (excludes halogenated alkanes) is 1. The summed E-state index contributed by atoms with van der Waals surface area (Å²) >= 11 is 0. The van der Waals surface area contributed by atoms with Gasteiger partial charge in [-0.2, -0.15) is 0 Å². The smallest absolute Gasteiger partial charge is 0.255 e. The molecule has 11 nitrogen and oxygen atoms in total. The lowest BCUT2D eigenvalue weighted by Gasteiger charge is -2.50. The van der Waals surface area contributed by atoms with Crippen LogP contribution in [0.4, 0.5) is 0 Å². The molecular weight excluding hydrogens is 496 g/mol. The first-order valence-corrected chi connectivity index (χ1v) is 12.4. The Kier molecular flexibility index (Phi) is 7.11. The summed E-state index contributed by atoms with van der Waals surface area (Å²) in [5, 5.41) is 34.0. The zero-order valence-corrected chi connectivity index (χ0v) is 21.7. The van der Waals surface area contributed by atoms with Gasteiger partial charge >= 0.3 is 0 Å². The Morgan fingerprint density at radius 2 is 1.97 bits per heavy atom. The summed E-state index contributed by atoms with van der Waals surface area (Å²) in [6.45, 7) is 2.19. The number of carbonyl (C=O) groups is 4. The Morgan fingerprint density at radius 1 is 1.29 bits per heavy atom. The van der Waals surface area contributed by atoms with Gasteiger partial charge in [0, 0.05) is 17.1 Å². The highest BCUT2D eigenvalue weighted by atomic mass is 16.5. The third kappa shape index (κ3) is 3.80. The van der Waals surface area contributed by atoms with Crippen LogP contribution in [0.15, 0.2) is 28.7 Å². The van der Waals surface area contributed by atoms with E-state index in [0.717, 1.165) is 6.42 Å². The second-order valence-corrected chi connectivity index (χ2v) is 10.1. The van der Waals surface area contributed by atoms with Crippen LogP contribution in [-0.4, -0.2) is 83.4 Å². The normalized spacial score (nSPS) is 26.6. The van der Waals surface area contributed by atoms with Crippen molar-refractivity contribution in [2.24, 2.45) is 17.6 Å². The van der Waals surface area contributed by atoms with Crippen LogP contribution >= 0.6 is 0 Å². The first-order valence-electron chi connectivity index (χ1n) is 12.4. The van der Waals surface area contributed by atoms with Crippen molar-refractivity contribution in [1.29, 1.82) is 0 Å². The van der Waals surface area contributed by atoms with Gasteiger partial charge in [-0.05, 0) is 45.3 Å². The van der Waals surface area contributed by atoms with Gasteiger partial charge < -0.3 is 30.5 Å². The number of primary amides is 1. The fourth-order valence-corrected chi connectivity index (χ4v) is 6.03. The van der Waals surface area contributed by atoms with E-state index < -0.39 is 58.0 Å². The number of nitrogens with two attached hydrogens (primary N) is 1. The molecule has 204 valence electrons. The van der Waals surface area contributed by atoms with E-state index in [-0.39, 0.29) is 41.9 Å². The number of nitrogens with zero attached hydrogens (tertiary/aromatic N) is 1. The molecule has 1 aromatic rings. The lowest BCUT2D eigenvalue weighted by atomic mass is 9.58. The average Bonchev–Trinajstić information content (AvgIpc) is 2.85. The molecule has 0 radical (unpaired) electrons. The number of benzene rings is 1. The van der Waals surface area contributed by atoms with Gasteiger partial charge in [-0.25, -0.2) is 0 Å². The predicted octanol–water partition coefficient (Wildman–Crippen LogP) is 1.42. The number of methoxy groups -OCH3 is 1. The molecule has 0 spiro atoms. The number of carbonyl (C=O) groups excluding carboxylic acids is 4. The molecular formula is C27H32N2O9. The Labute approximate surface area is 219 Å². The van der Waals surface area contributed by atoms with Crippen molar-refractivity contribution in [1.82, 2.24) is 4.90 Å². The number of likely N-dealkylation sites (N-methyl/N-ethyl adjacent to an activating group) is 1. The van der Waals surface area contributed by atoms with Gasteiger partial charge in [0.05, 0.1) is 30.9 Å². The molecule has 1 aromatic carbocycles. The number of rotatable bonds is 8. The van der Waals surface area contributed by atoms with Crippen LogP contribution in [0.2, 0.25) is 0 Å². The monoisotopic (exact) mass is 528 g/mol. The second-order valence-electron chi connectivity index (χ2n) is 10.1. The molecule has 0 saturated heterocycles. The zero-order chi connectivity index (χ0) is 28.1. The molecule has 0 aromatic heterocycles. The minimum Gasteiger partial charge on any atom is -0.510 e. The van der Waals surface area contributed by atoms with Gasteiger partial charge in [0.2, 0.25) is 5.78 Å². The van der Waals surface area contributed by atoms with Crippen LogP contribution < -0.4 is 15.2 Å². The number of fused-ring (bicyclic) bond motifs is 3. The summed E-state index contributed by atoms with van der Waals surface area (Å²) in [4.78, 5) is 52.9. The third-order valence-corrected chi connectivity index (χ3v) is 7.78. The van der Waals surface area contributed by atoms with Crippen molar-refractivity contribution in [3.8, 4) is 11.5 Å². The number of hydrogen-bond donors (Lipinski definition) is 4. The first-order chi connectivity index (χ1) is 17.9. The minimum atomic E-state index is -2.68. The Hall–Kier alpha value is -3.70. The molecule has 11 heteroatoms. The Bertz CT molecular complexity index is 1300. The number of allylic oxidation sites excluding steroid dienone is 1. The molecule has 3 aliphatic carbocycles. The fraction of sp³-hybridized carbons (Fsp3) is 0.481. The zero-order valence-electron chi connectivity index (χ0n) is 21.7. The molecule has 1 amide bonds. The van der Waals surface area contributed by atoms with Crippen molar-refractivity contribution >= 4 is 23.8 Å². The quantitative estimate of drug-likeness (QED) is 0.219. The number of aliphatic hydroxyl groups is 3. The molecule has 4 atom stereocenters. The third-order valence-electron chi connectivity index (χ3n) is 7.78. The topological polar surface area (TPSA) is 177 Å². The van der Waals surface area contributed by atoms with Crippen molar-refractivity contribution in [2.45, 2.75) is 44.2 Å². The van der Waals surface area contributed by atoms with E-state index in [4.69, 9.17) is 15.2 Å². The van der Waals surface area contributed by atoms with E-state index in [1.807, 2.05) is 6.92 Å². The van der Waals surface area contributed by atoms with E-state index in [0.29, 0.717) is 24.0 Å². The minimum absolute atomic E-state index is 0.0103. The molecule has 0 saturated carbocycles. The summed E-state index contributed by atoms with van der Waals surface area (Å²) in [7, 11) is 4.57. The lowest BCUT2D eigenvalue weighted by Crippen LogP contribution is -2.63. The molecule has 38 heavy (non-hydrogen) atoms. The number of amides is 1. The lowest BCUT2D eigenvalue weighted by molar-refractivity contribution is -0.148. The van der Waals surface area contributed by atoms with Crippen LogP contribution in [-0.2, 0) is 16.0 Å². The Balaban J connectivity index is 1.96. The summed E-state index contributed by atoms with van der Waals surface area (Å²) < 4.78 is 11.4. The first kappa shape index (κ1) is 27.3. The standard InChI is InChI=1S/C27H32N2O9/c1-5-6-7-38-23-13(11-30)10-16(37-4)14-8-12-9-15-20(29(2)3)22(32)19(26(28)35)25(34)27(15,36)24(33)17(12)21(31)18(14)23/h10-12,15,20,32-33,36H,5-9H2,1-4H3,(H2,28,35)/t12-,15-,20-,27-/m0/s1. The van der Waals surface area contributed by atoms with Gasteiger partial charge in [0.25, 0.3) is 5.91 Å². The maximum Gasteiger partial charge on any atom is 0.255 e. The van der Waals surface area contributed by atoms with E-state index in [9.17, 15) is 34.5 Å². The molecule has 0 unspecified atom stereocenters. The van der Waals surface area contributed by atoms with Crippen LogP contribution in [0, 0.1) is 11.8 Å². The average molecular weight is 529 g/mol. The predicted molar refractivity (Wildman–Crippen MR) is 134 cm³/mol. The molecule has 0 fully saturated rings. The summed E-state index contributed by atoms with van der Waals surface area (Å²) in [6, 6.07) is 0.446. The van der Waals surface area contributed by atoms with Crippen molar-refractivity contribution in [2.75, 3.05) is 27.8 Å². The van der Waals surface area contributed by atoms with Crippen LogP contribution in [0.5, 0.6) is 11.5 Å². The number of aliphatic hydroxyl groups excluding tert-OH is 2. The van der Waals surface area contributed by atoms with Crippen LogP contribution in [0.1, 0.15) is 52.5 Å². The summed E-state index contributed by atoms with van der Waals surface area (Å²) in [5.41, 5.74) is 2.22. The van der Waals surface area contributed by atoms with Gasteiger partial charge in [-0.15, -0.1) is 0 Å². The van der Waals surface area contributed by atoms with Gasteiger partial charge in [0.1, 0.15) is 28.6 Å². The van der Waals surface area contributed by atoms with E-state index >= 15 is 0 Å². The highest BCUT2D eigenvalue weighted by molar-refractivity contribution is 6.25. The maximum atomic E-state index is 14.0. The van der Waals surface area contributed by atoms with Gasteiger partial charge in [0.15, 0.2) is 17.7 Å². The molecule has 3 aliphatic rings. The number of ketones is 2. The van der Waals surface area contributed by atoms with Crippen molar-refractivity contribution < 1.29 is 44.0 Å². The molecule has 0 heterocycles. The van der Waals surface area contributed by atoms with Crippen LogP contribution in [0.25, 0.3) is 0 Å². The molecule has 0 aliphatic heterocycles. The van der Waals surface area contributed by atoms with E-state index in [1.165, 1.54) is 18.1 Å². The fourth-order valence-electron chi connectivity index (χ4n) is 6.03. The number of ether oxygens (including phenoxy) is 2. The number of Topliss-reactive ketones (excluding diaryl/α,β-unsaturated/α-hetero) is 2.